The van der Waals surface area contributed by atoms with Crippen LogP contribution >= 0.6 is 46.3 Å². The van der Waals surface area contributed by atoms with Crippen LogP contribution in [0.25, 0.3) is 0 Å². The minimum absolute atomic E-state index is 0.0379. The molecule has 2 saturated carbocycles. The number of imide groups is 1. The Morgan fingerprint density at radius 1 is 0.980 bits per heavy atom. The van der Waals surface area contributed by atoms with Crippen molar-refractivity contribution in [1.29, 1.82) is 0 Å². The molecular weight excluding hydrogens is 739 g/mol. The fourth-order valence-electron chi connectivity index (χ4n) is 8.39. The number of nitro benzene ring substituents is 1. The van der Waals surface area contributed by atoms with Crippen molar-refractivity contribution in [3.8, 4) is 11.5 Å². The van der Waals surface area contributed by atoms with Gasteiger partial charge in [-0.2, -0.15) is 0 Å². The molecule has 6 unspecified atom stereocenters. The van der Waals surface area contributed by atoms with E-state index in [9.17, 15) is 29.3 Å². The smallest absolute Gasteiger partial charge is 0.305 e. The second kappa shape index (κ2) is 13.0. The predicted octanol–water partition coefficient (Wildman–Crippen LogP) is 6.75. The molecule has 1 saturated heterocycles. The summed E-state index contributed by atoms with van der Waals surface area (Å²) < 4.78 is 11.9. The van der Waals surface area contributed by atoms with Crippen molar-refractivity contribution in [1.82, 2.24) is 4.98 Å². The Morgan fingerprint density at radius 3 is 2.43 bits per heavy atom. The van der Waals surface area contributed by atoms with E-state index in [4.69, 9.17) is 32.7 Å². The van der Waals surface area contributed by atoms with Gasteiger partial charge in [-0.3, -0.25) is 34.2 Å². The van der Waals surface area contributed by atoms with Crippen molar-refractivity contribution in [3.63, 3.8) is 0 Å². The number of carbonyl (C=O) groups is 3. The van der Waals surface area contributed by atoms with E-state index in [1.165, 1.54) is 29.2 Å². The number of thioether (sulfide) groups is 1. The van der Waals surface area contributed by atoms with Crippen LogP contribution in [0, 0.1) is 39.7 Å². The van der Waals surface area contributed by atoms with Gasteiger partial charge in [0.2, 0.25) is 11.8 Å². The number of nitrogens with one attached hydrogen (secondary N) is 2. The molecule has 51 heavy (non-hydrogen) atoms. The van der Waals surface area contributed by atoms with Crippen LogP contribution in [0.4, 0.5) is 17.1 Å². The molecule has 3 amide bonds. The molecule has 16 heteroatoms. The molecule has 12 nitrogen and oxygen atoms in total. The van der Waals surface area contributed by atoms with E-state index in [1.807, 2.05) is 19.1 Å². The summed E-state index contributed by atoms with van der Waals surface area (Å²) in [5.41, 5.74) is 1.53. The number of fused-ring (bicyclic) bond motifs is 9. The van der Waals surface area contributed by atoms with Crippen LogP contribution in [0.3, 0.4) is 0 Å². The first-order valence-electron chi connectivity index (χ1n) is 16.2. The van der Waals surface area contributed by atoms with Crippen LogP contribution in [0.15, 0.2) is 70.5 Å². The third kappa shape index (κ3) is 5.68. The Labute approximate surface area is 308 Å². The van der Waals surface area contributed by atoms with E-state index in [0.29, 0.717) is 45.9 Å². The monoisotopic (exact) mass is 766 g/mol. The van der Waals surface area contributed by atoms with Crippen molar-refractivity contribution < 1.29 is 28.8 Å². The standard InChI is InChI=1S/C35H28Cl2N4O8S2/c1-2-48-24-11-15(3-10-23(24)49-14-25(42)38-16-4-9-21(36)22(37)12-16)26-27-19-13-20(30(27)50-32-31(26)51-35(45)39-32)29-28(19)33(43)40(34(29)44)17-5-7-18(8-6-17)41(46)47/h3-12,19-20,26-30H,2,13-14H2,1H3,(H,38,42)(H,39,45)/t19?,20?,26-,27?,28?,29?,30?/m1/s1. The Balaban J connectivity index is 1.08. The summed E-state index contributed by atoms with van der Waals surface area (Å²) in [6.07, 6.45) is 0.701. The number of amides is 3. The van der Waals surface area contributed by atoms with Crippen molar-refractivity contribution >= 4 is 81.1 Å². The number of nitro groups is 1. The average molecular weight is 768 g/mol. The lowest BCUT2D eigenvalue weighted by molar-refractivity contribution is -0.384. The summed E-state index contributed by atoms with van der Waals surface area (Å²) in [6.45, 7) is 1.86. The Kier molecular flexibility index (Phi) is 8.60. The summed E-state index contributed by atoms with van der Waals surface area (Å²) in [4.78, 5) is 69.0. The fourth-order valence-corrected chi connectivity index (χ4v) is 11.6. The summed E-state index contributed by atoms with van der Waals surface area (Å²) in [7, 11) is 0. The molecule has 3 heterocycles. The molecule has 4 aliphatic rings. The van der Waals surface area contributed by atoms with Crippen LogP contribution in [0.5, 0.6) is 11.5 Å². The number of nitrogens with zero attached hydrogens (tertiary/aromatic N) is 2. The molecule has 262 valence electrons. The van der Waals surface area contributed by atoms with Gasteiger partial charge >= 0.3 is 4.87 Å². The highest BCUT2D eigenvalue weighted by Gasteiger charge is 2.69. The number of ether oxygens (including phenoxy) is 2. The van der Waals surface area contributed by atoms with Gasteiger partial charge in [0.25, 0.3) is 11.6 Å². The lowest BCUT2D eigenvalue weighted by atomic mass is 9.68. The molecule has 2 N–H and O–H groups in total. The Bertz CT molecular complexity index is 2180. The van der Waals surface area contributed by atoms with E-state index in [0.717, 1.165) is 26.8 Å². The van der Waals surface area contributed by atoms with Gasteiger partial charge < -0.3 is 19.8 Å². The van der Waals surface area contributed by atoms with E-state index in [-0.39, 0.29) is 57.9 Å². The van der Waals surface area contributed by atoms with Gasteiger partial charge in [0.15, 0.2) is 18.1 Å². The molecule has 4 aromatic rings. The topological polar surface area (TPSA) is 161 Å². The molecule has 3 aromatic carbocycles. The number of aromatic amines is 1. The van der Waals surface area contributed by atoms with E-state index >= 15 is 0 Å². The maximum Gasteiger partial charge on any atom is 0.305 e. The first kappa shape index (κ1) is 33.8. The van der Waals surface area contributed by atoms with Crippen LogP contribution in [0.2, 0.25) is 10.0 Å². The normalized spacial score (nSPS) is 25.7. The number of benzene rings is 3. The lowest BCUT2D eigenvalue weighted by Crippen LogP contribution is -2.42. The Hall–Kier alpha value is -4.37. The number of halogens is 2. The molecule has 2 aliphatic heterocycles. The number of non-ortho nitro benzene ring substituents is 1. The second-order valence-corrected chi connectivity index (χ2v) is 15.9. The molecule has 3 fully saturated rings. The van der Waals surface area contributed by atoms with Gasteiger partial charge in [-0.1, -0.05) is 40.6 Å². The van der Waals surface area contributed by atoms with E-state index in [2.05, 4.69) is 10.3 Å². The van der Waals surface area contributed by atoms with E-state index < -0.39 is 22.7 Å². The molecule has 0 radical (unpaired) electrons. The van der Waals surface area contributed by atoms with Crippen molar-refractivity contribution in [2.45, 2.75) is 29.5 Å². The van der Waals surface area contributed by atoms with Crippen LogP contribution in [-0.2, 0) is 14.4 Å². The Morgan fingerprint density at radius 2 is 1.73 bits per heavy atom. The minimum atomic E-state index is -0.540. The molecular formula is C35H28Cl2N4O8S2. The second-order valence-electron chi connectivity index (χ2n) is 12.9. The molecule has 8 rings (SSSR count). The molecule has 0 spiro atoms. The van der Waals surface area contributed by atoms with E-state index in [1.54, 1.807) is 36.0 Å². The van der Waals surface area contributed by atoms with Gasteiger partial charge in [-0.05, 0) is 79.1 Å². The number of rotatable bonds is 9. The molecule has 2 bridgehead atoms. The highest BCUT2D eigenvalue weighted by molar-refractivity contribution is 8.00. The summed E-state index contributed by atoms with van der Waals surface area (Å²) in [6, 6.07) is 15.7. The molecule has 2 aliphatic carbocycles. The van der Waals surface area contributed by atoms with Crippen molar-refractivity contribution in [3.05, 3.63) is 101 Å². The summed E-state index contributed by atoms with van der Waals surface area (Å²) in [5, 5.41) is 15.3. The number of aromatic nitrogens is 1. The number of thiazole rings is 1. The maximum atomic E-state index is 14.1. The minimum Gasteiger partial charge on any atom is -0.490 e. The highest BCUT2D eigenvalue weighted by atomic mass is 35.5. The van der Waals surface area contributed by atoms with Gasteiger partial charge in [0, 0.05) is 33.9 Å². The largest absolute Gasteiger partial charge is 0.490 e. The SMILES string of the molecule is CCOc1cc([C@H]2c3sc(=O)[nH]c3SC3C4CC(C5C(=O)N(c6ccc([N+](=O)[O-])cc6)C(=O)C45)C32)ccc1OCC(=O)Nc1ccc(Cl)c(Cl)c1. The lowest BCUT2D eigenvalue weighted by Gasteiger charge is -2.43. The zero-order valence-corrected chi connectivity index (χ0v) is 29.8. The number of hydrogen-bond acceptors (Lipinski definition) is 10. The first-order chi connectivity index (χ1) is 24.5. The zero-order valence-electron chi connectivity index (χ0n) is 26.7. The third-order valence-corrected chi connectivity index (χ3v) is 13.6. The van der Waals surface area contributed by atoms with Crippen molar-refractivity contribution in [2.75, 3.05) is 23.4 Å². The van der Waals surface area contributed by atoms with Gasteiger partial charge in [0.1, 0.15) is 0 Å². The van der Waals surface area contributed by atoms with Gasteiger partial charge in [-0.15, -0.1) is 11.8 Å². The molecule has 1 aromatic heterocycles. The predicted molar refractivity (Wildman–Crippen MR) is 192 cm³/mol. The first-order valence-corrected chi connectivity index (χ1v) is 18.7. The maximum absolute atomic E-state index is 14.1. The quantitative estimate of drug-likeness (QED) is 0.107. The summed E-state index contributed by atoms with van der Waals surface area (Å²) >= 11 is 14.8. The summed E-state index contributed by atoms with van der Waals surface area (Å²) in [5.74, 6) is -1.82. The average Bonchev–Trinajstić information content (AvgIpc) is 3.84. The third-order valence-electron chi connectivity index (χ3n) is 10.2. The molecule has 7 atom stereocenters. The highest BCUT2D eigenvalue weighted by Crippen LogP contribution is 2.69. The van der Waals surface area contributed by atoms with Crippen LogP contribution < -0.4 is 24.6 Å². The number of hydrogen-bond donors (Lipinski definition) is 2. The number of anilines is 2. The van der Waals surface area contributed by atoms with Gasteiger partial charge in [-0.25, -0.2) is 0 Å². The van der Waals surface area contributed by atoms with Crippen molar-refractivity contribution in [2.24, 2.45) is 29.6 Å². The van der Waals surface area contributed by atoms with Crippen LogP contribution in [0.1, 0.15) is 29.7 Å². The van der Waals surface area contributed by atoms with Crippen LogP contribution in [-0.4, -0.2) is 46.1 Å². The van der Waals surface area contributed by atoms with Gasteiger partial charge in [0.05, 0.1) is 44.1 Å². The number of H-pyrrole nitrogens is 1. The fraction of sp³-hybridized carbons (Fsp3) is 0.314. The zero-order chi connectivity index (χ0) is 35.7. The number of carbonyl (C=O) groups excluding carboxylic acids is 3.